The molecule has 0 N–H and O–H groups in total. The Hall–Kier alpha value is -2.15. The number of hydrogen-bond donors (Lipinski definition) is 0. The van der Waals surface area contributed by atoms with E-state index in [1.807, 2.05) is 0 Å². The number of aryl methyl sites for hydroxylation is 1. The number of benzene rings is 2. The Kier molecular flexibility index (Phi) is 5.18. The van der Waals surface area contributed by atoms with Gasteiger partial charge in [-0.25, -0.2) is 4.21 Å². The summed E-state index contributed by atoms with van der Waals surface area (Å²) in [5, 5.41) is 4.55. The highest BCUT2D eigenvalue weighted by Crippen LogP contribution is 2.37. The zero-order chi connectivity index (χ0) is 18.9. The van der Waals surface area contributed by atoms with E-state index in [0.717, 1.165) is 0 Å². The Labute approximate surface area is 161 Å². The third kappa shape index (κ3) is 3.53. The number of amides is 1. The topological polar surface area (TPSA) is 72.5 Å². The van der Waals surface area contributed by atoms with Crippen molar-refractivity contribution in [3.8, 4) is 11.3 Å². The van der Waals surface area contributed by atoms with Crippen LogP contribution >= 0.6 is 23.2 Å². The average molecular weight is 409 g/mol. The maximum Gasteiger partial charge on any atom is 0.291 e. The summed E-state index contributed by atoms with van der Waals surface area (Å²) in [6.07, 6.45) is 1.41. The van der Waals surface area contributed by atoms with Gasteiger partial charge >= 0.3 is 0 Å². The molecule has 3 rings (SSSR count). The summed E-state index contributed by atoms with van der Waals surface area (Å²) in [6.45, 7) is 1.57. The van der Waals surface area contributed by atoms with E-state index in [2.05, 4.69) is 9.52 Å². The summed E-state index contributed by atoms with van der Waals surface area (Å²) < 4.78 is 22.0. The van der Waals surface area contributed by atoms with Crippen molar-refractivity contribution in [3.05, 3.63) is 69.9 Å². The third-order valence-corrected chi connectivity index (χ3v) is 6.00. The van der Waals surface area contributed by atoms with Crippen LogP contribution < -0.4 is 0 Å². The van der Waals surface area contributed by atoms with Crippen LogP contribution in [0.25, 0.3) is 11.3 Å². The van der Waals surface area contributed by atoms with Gasteiger partial charge < -0.3 is 4.52 Å². The molecule has 0 aliphatic heterocycles. The summed E-state index contributed by atoms with van der Waals surface area (Å²) in [5.41, 5.74) is 0.633. The Morgan fingerprint density at radius 1 is 1.08 bits per heavy atom. The maximum absolute atomic E-state index is 12.9. The fraction of sp³-hybridized carbons (Fsp3) is 0.111. The molecule has 3 aromatic rings. The van der Waals surface area contributed by atoms with Crippen LogP contribution in [0.1, 0.15) is 16.1 Å². The summed E-state index contributed by atoms with van der Waals surface area (Å²) in [4.78, 5) is 13.3. The summed E-state index contributed by atoms with van der Waals surface area (Å²) >= 11 is 12.4. The lowest BCUT2D eigenvalue weighted by atomic mass is 10.1. The molecule has 1 heterocycles. The monoisotopic (exact) mass is 408 g/mol. The van der Waals surface area contributed by atoms with Crippen molar-refractivity contribution >= 4 is 38.8 Å². The number of carbonyl (C=O) groups is 1. The molecule has 0 aliphatic carbocycles. The molecule has 0 bridgehead atoms. The predicted molar refractivity (Wildman–Crippen MR) is 102 cm³/mol. The van der Waals surface area contributed by atoms with Gasteiger partial charge in [0, 0.05) is 16.7 Å². The van der Waals surface area contributed by atoms with E-state index in [4.69, 9.17) is 27.7 Å². The van der Waals surface area contributed by atoms with E-state index in [9.17, 15) is 9.00 Å². The molecule has 0 spiro atoms. The van der Waals surface area contributed by atoms with Crippen LogP contribution in [-0.2, 0) is 9.73 Å². The maximum atomic E-state index is 12.9. The lowest BCUT2D eigenvalue weighted by Crippen LogP contribution is -2.05. The first-order valence-electron chi connectivity index (χ1n) is 7.53. The SMILES string of the molecule is Cc1onc(-c2c(Cl)cccc2Cl)c1C(=O)N=[S@@](C)(=O)c1ccccc1. The predicted octanol–water partition coefficient (Wildman–Crippen LogP) is 5.25. The molecule has 1 aromatic heterocycles. The van der Waals surface area contributed by atoms with Gasteiger partial charge in [-0.1, -0.05) is 52.6 Å². The van der Waals surface area contributed by atoms with Crippen molar-refractivity contribution in [2.24, 2.45) is 4.36 Å². The number of nitrogens with zero attached hydrogens (tertiary/aromatic N) is 2. The third-order valence-electron chi connectivity index (χ3n) is 3.71. The van der Waals surface area contributed by atoms with Gasteiger partial charge in [0.25, 0.3) is 5.91 Å². The number of halogens is 2. The van der Waals surface area contributed by atoms with Gasteiger partial charge in [0.1, 0.15) is 17.0 Å². The number of aromatic nitrogens is 1. The number of hydrogen-bond acceptors (Lipinski definition) is 4. The first kappa shape index (κ1) is 18.6. The van der Waals surface area contributed by atoms with E-state index in [1.165, 1.54) is 6.26 Å². The van der Waals surface area contributed by atoms with Crippen molar-refractivity contribution in [1.82, 2.24) is 5.16 Å². The largest absolute Gasteiger partial charge is 0.360 e. The van der Waals surface area contributed by atoms with E-state index in [-0.39, 0.29) is 17.0 Å². The van der Waals surface area contributed by atoms with E-state index >= 15 is 0 Å². The molecule has 1 amide bonds. The fourth-order valence-corrected chi connectivity index (χ4v) is 4.20. The van der Waals surface area contributed by atoms with Gasteiger partial charge in [0.05, 0.1) is 19.8 Å². The van der Waals surface area contributed by atoms with Crippen LogP contribution in [0.4, 0.5) is 0 Å². The molecule has 1 atom stereocenters. The van der Waals surface area contributed by atoms with Gasteiger partial charge in [0.15, 0.2) is 0 Å². The average Bonchev–Trinajstić information content (AvgIpc) is 2.96. The Balaban J connectivity index is 2.15. The molecule has 0 aliphatic rings. The van der Waals surface area contributed by atoms with Crippen molar-refractivity contribution in [3.63, 3.8) is 0 Å². The van der Waals surface area contributed by atoms with Crippen molar-refractivity contribution < 1.29 is 13.5 Å². The van der Waals surface area contributed by atoms with E-state index in [1.54, 1.807) is 55.5 Å². The van der Waals surface area contributed by atoms with Crippen LogP contribution in [0.15, 0.2) is 62.3 Å². The second-order valence-corrected chi connectivity index (χ2v) is 8.64. The molecular weight excluding hydrogens is 395 g/mol. The molecule has 5 nitrogen and oxygen atoms in total. The summed E-state index contributed by atoms with van der Waals surface area (Å²) in [6, 6.07) is 13.5. The molecule has 134 valence electrons. The first-order valence-corrected chi connectivity index (χ1v) is 10.2. The minimum absolute atomic E-state index is 0.0884. The van der Waals surface area contributed by atoms with E-state index in [0.29, 0.717) is 20.5 Å². The van der Waals surface area contributed by atoms with Crippen LogP contribution in [0, 0.1) is 6.92 Å². The quantitative estimate of drug-likeness (QED) is 0.592. The highest BCUT2D eigenvalue weighted by molar-refractivity contribution is 7.93. The summed E-state index contributed by atoms with van der Waals surface area (Å²) in [7, 11) is -2.93. The van der Waals surface area contributed by atoms with Gasteiger partial charge in [-0.2, -0.15) is 4.36 Å². The Morgan fingerprint density at radius 3 is 2.31 bits per heavy atom. The molecule has 2 aromatic carbocycles. The molecular formula is C18H14Cl2N2O3S. The van der Waals surface area contributed by atoms with Crippen LogP contribution in [0.5, 0.6) is 0 Å². The zero-order valence-electron chi connectivity index (χ0n) is 13.9. The van der Waals surface area contributed by atoms with Gasteiger partial charge in [0.2, 0.25) is 0 Å². The summed E-state index contributed by atoms with van der Waals surface area (Å²) in [5.74, 6) is -0.459. The van der Waals surface area contributed by atoms with Gasteiger partial charge in [-0.05, 0) is 31.2 Å². The molecule has 8 heteroatoms. The first-order chi connectivity index (χ1) is 12.3. The minimum atomic E-state index is -2.93. The van der Waals surface area contributed by atoms with Crippen molar-refractivity contribution in [2.45, 2.75) is 11.8 Å². The second-order valence-electron chi connectivity index (χ2n) is 5.57. The lowest BCUT2D eigenvalue weighted by Gasteiger charge is -2.06. The lowest BCUT2D eigenvalue weighted by molar-refractivity contribution is 0.100. The van der Waals surface area contributed by atoms with Gasteiger partial charge in [-0.15, -0.1) is 0 Å². The molecule has 0 unspecified atom stereocenters. The molecule has 0 saturated heterocycles. The standard InChI is InChI=1S/C18H14Cl2N2O3S/c1-11-15(17(21-25-11)16-13(19)9-6-10-14(16)20)18(23)22-26(2,24)12-7-4-3-5-8-12/h3-10H,1-2H3/t26-/m0/s1. The van der Waals surface area contributed by atoms with Crippen molar-refractivity contribution in [1.29, 1.82) is 0 Å². The number of carbonyl (C=O) groups excluding carboxylic acids is 1. The van der Waals surface area contributed by atoms with E-state index < -0.39 is 15.6 Å². The second kappa shape index (κ2) is 7.23. The van der Waals surface area contributed by atoms with Crippen LogP contribution in [0.2, 0.25) is 10.0 Å². The highest BCUT2D eigenvalue weighted by atomic mass is 35.5. The smallest absolute Gasteiger partial charge is 0.291 e. The molecule has 26 heavy (non-hydrogen) atoms. The highest BCUT2D eigenvalue weighted by Gasteiger charge is 2.25. The number of rotatable bonds is 3. The Morgan fingerprint density at radius 2 is 1.69 bits per heavy atom. The minimum Gasteiger partial charge on any atom is -0.360 e. The molecule has 0 saturated carbocycles. The molecule has 0 radical (unpaired) electrons. The van der Waals surface area contributed by atoms with Crippen LogP contribution in [0.3, 0.4) is 0 Å². The van der Waals surface area contributed by atoms with Crippen LogP contribution in [-0.4, -0.2) is 21.5 Å². The normalized spacial score (nSPS) is 13.2. The Bertz CT molecular complexity index is 1080. The molecule has 0 fully saturated rings. The zero-order valence-corrected chi connectivity index (χ0v) is 16.2. The van der Waals surface area contributed by atoms with Gasteiger partial charge in [-0.3, -0.25) is 4.79 Å². The van der Waals surface area contributed by atoms with Crippen molar-refractivity contribution in [2.75, 3.05) is 6.26 Å². The fourth-order valence-electron chi connectivity index (χ4n) is 2.45.